The van der Waals surface area contributed by atoms with Crippen LogP contribution in [0.2, 0.25) is 0 Å². The van der Waals surface area contributed by atoms with E-state index < -0.39 is 0 Å². The zero-order valence-electron chi connectivity index (χ0n) is 19.2. The molecular formula is C26H38N4. The van der Waals surface area contributed by atoms with Crippen LogP contribution in [0.3, 0.4) is 0 Å². The number of pyridine rings is 2. The largest absolute Gasteiger partial charge is 0.298 e. The molecule has 2 aliphatic rings. The molecular weight excluding hydrogens is 368 g/mol. The molecule has 0 spiro atoms. The van der Waals surface area contributed by atoms with E-state index in [0.717, 1.165) is 18.4 Å². The standard InChI is InChI=1S/C26H38N4/c1-19(2)29-11-12-30-17-22(15-25(30)18-29)13-21(4)26-9-5-8-24(28-26)14-20(3)23-7-6-10-27-16-23/h5-10,16,19-22,25H,11-15,17-18H2,1-4H3. The Morgan fingerprint density at radius 3 is 2.63 bits per heavy atom. The maximum Gasteiger partial charge on any atom is 0.0435 e. The molecule has 0 aromatic carbocycles. The second-order valence-electron chi connectivity index (χ2n) is 9.92. The van der Waals surface area contributed by atoms with Crippen molar-refractivity contribution in [1.82, 2.24) is 19.8 Å². The molecule has 0 N–H and O–H groups in total. The van der Waals surface area contributed by atoms with Gasteiger partial charge in [0.25, 0.3) is 0 Å². The fourth-order valence-corrected chi connectivity index (χ4v) is 5.42. The summed E-state index contributed by atoms with van der Waals surface area (Å²) in [5.41, 5.74) is 3.75. The lowest BCUT2D eigenvalue weighted by Gasteiger charge is -2.39. The normalized spacial score (nSPS) is 24.7. The van der Waals surface area contributed by atoms with Crippen LogP contribution in [0.5, 0.6) is 0 Å². The highest BCUT2D eigenvalue weighted by Crippen LogP contribution is 2.33. The fourth-order valence-electron chi connectivity index (χ4n) is 5.42. The quantitative estimate of drug-likeness (QED) is 0.665. The smallest absolute Gasteiger partial charge is 0.0435 e. The minimum absolute atomic E-state index is 0.436. The zero-order chi connectivity index (χ0) is 21.1. The SMILES string of the molecule is CC(Cc1cccc(C(C)CC2CC3CN(C(C)C)CCN3C2)n1)c1cccnc1. The third kappa shape index (κ3) is 5.09. The van der Waals surface area contributed by atoms with Gasteiger partial charge < -0.3 is 0 Å². The Morgan fingerprint density at radius 1 is 1.00 bits per heavy atom. The number of fused-ring (bicyclic) bond motifs is 1. The van der Waals surface area contributed by atoms with Gasteiger partial charge in [-0.1, -0.05) is 26.0 Å². The Hall–Kier alpha value is -1.78. The number of rotatable bonds is 7. The first-order valence-electron chi connectivity index (χ1n) is 11.8. The van der Waals surface area contributed by atoms with Crippen LogP contribution < -0.4 is 0 Å². The van der Waals surface area contributed by atoms with E-state index in [1.165, 1.54) is 56.0 Å². The average Bonchev–Trinajstić information content (AvgIpc) is 3.16. The topological polar surface area (TPSA) is 32.3 Å². The van der Waals surface area contributed by atoms with Gasteiger partial charge in [0.2, 0.25) is 0 Å². The molecule has 4 unspecified atom stereocenters. The Labute approximate surface area is 182 Å². The molecule has 2 aromatic heterocycles. The zero-order valence-corrected chi connectivity index (χ0v) is 19.2. The molecule has 162 valence electrons. The highest BCUT2D eigenvalue weighted by molar-refractivity contribution is 5.20. The second kappa shape index (κ2) is 9.57. The van der Waals surface area contributed by atoms with E-state index in [0.29, 0.717) is 17.9 Å². The Bertz CT molecular complexity index is 806. The van der Waals surface area contributed by atoms with Crippen LogP contribution in [0.4, 0.5) is 0 Å². The van der Waals surface area contributed by atoms with E-state index in [-0.39, 0.29) is 0 Å². The molecule has 0 amide bonds. The van der Waals surface area contributed by atoms with Crippen LogP contribution in [-0.2, 0) is 6.42 Å². The lowest BCUT2D eigenvalue weighted by Crippen LogP contribution is -2.52. The summed E-state index contributed by atoms with van der Waals surface area (Å²) in [6, 6.07) is 12.2. The number of hydrogen-bond acceptors (Lipinski definition) is 4. The van der Waals surface area contributed by atoms with Gasteiger partial charge in [-0.3, -0.25) is 19.8 Å². The summed E-state index contributed by atoms with van der Waals surface area (Å²) in [5.74, 6) is 1.76. The van der Waals surface area contributed by atoms with Crippen molar-refractivity contribution in [3.8, 4) is 0 Å². The predicted molar refractivity (Wildman–Crippen MR) is 124 cm³/mol. The van der Waals surface area contributed by atoms with Crippen molar-refractivity contribution in [1.29, 1.82) is 0 Å². The summed E-state index contributed by atoms with van der Waals surface area (Å²) in [4.78, 5) is 14.7. The number of aromatic nitrogens is 2. The van der Waals surface area contributed by atoms with Crippen molar-refractivity contribution >= 4 is 0 Å². The van der Waals surface area contributed by atoms with Gasteiger partial charge in [-0.2, -0.15) is 0 Å². The van der Waals surface area contributed by atoms with E-state index in [1.807, 2.05) is 18.5 Å². The van der Waals surface area contributed by atoms with Gasteiger partial charge in [0.05, 0.1) is 0 Å². The Kier molecular flexibility index (Phi) is 6.84. The predicted octanol–water partition coefficient (Wildman–Crippen LogP) is 4.73. The van der Waals surface area contributed by atoms with E-state index >= 15 is 0 Å². The summed E-state index contributed by atoms with van der Waals surface area (Å²) in [6.07, 6.45) is 7.39. The van der Waals surface area contributed by atoms with E-state index in [2.05, 4.69) is 66.7 Å². The summed E-state index contributed by atoms with van der Waals surface area (Å²) >= 11 is 0. The molecule has 0 bridgehead atoms. The van der Waals surface area contributed by atoms with E-state index in [1.54, 1.807) is 0 Å². The van der Waals surface area contributed by atoms with Gasteiger partial charge in [0.15, 0.2) is 0 Å². The Balaban J connectivity index is 1.34. The van der Waals surface area contributed by atoms with E-state index in [4.69, 9.17) is 4.98 Å². The lowest BCUT2D eigenvalue weighted by molar-refractivity contribution is 0.0824. The van der Waals surface area contributed by atoms with Crippen molar-refractivity contribution in [2.24, 2.45) is 5.92 Å². The molecule has 0 aliphatic carbocycles. The monoisotopic (exact) mass is 406 g/mol. The summed E-state index contributed by atoms with van der Waals surface area (Å²) in [7, 11) is 0. The highest BCUT2D eigenvalue weighted by atomic mass is 15.3. The molecule has 30 heavy (non-hydrogen) atoms. The van der Waals surface area contributed by atoms with Crippen molar-refractivity contribution in [3.63, 3.8) is 0 Å². The Morgan fingerprint density at radius 2 is 1.87 bits per heavy atom. The molecule has 2 aromatic rings. The first-order chi connectivity index (χ1) is 14.5. The van der Waals surface area contributed by atoms with Crippen molar-refractivity contribution < 1.29 is 0 Å². The third-order valence-electron chi connectivity index (χ3n) is 7.25. The van der Waals surface area contributed by atoms with Gasteiger partial charge in [-0.15, -0.1) is 0 Å². The molecule has 4 nitrogen and oxygen atoms in total. The maximum absolute atomic E-state index is 5.06. The minimum atomic E-state index is 0.436. The second-order valence-corrected chi connectivity index (χ2v) is 9.92. The molecule has 0 radical (unpaired) electrons. The lowest BCUT2D eigenvalue weighted by atomic mass is 9.90. The molecule has 4 atom stereocenters. The van der Waals surface area contributed by atoms with Gasteiger partial charge in [0, 0.05) is 62.0 Å². The molecule has 2 aliphatic heterocycles. The van der Waals surface area contributed by atoms with Gasteiger partial charge in [-0.05, 0) is 74.6 Å². The molecule has 4 rings (SSSR count). The molecule has 4 heterocycles. The first-order valence-corrected chi connectivity index (χ1v) is 11.8. The van der Waals surface area contributed by atoms with Crippen LogP contribution in [0.1, 0.15) is 69.3 Å². The average molecular weight is 407 g/mol. The van der Waals surface area contributed by atoms with Gasteiger partial charge >= 0.3 is 0 Å². The van der Waals surface area contributed by atoms with Gasteiger partial charge in [-0.25, -0.2) is 0 Å². The van der Waals surface area contributed by atoms with Gasteiger partial charge in [0.1, 0.15) is 0 Å². The maximum atomic E-state index is 5.06. The van der Waals surface area contributed by atoms with Crippen LogP contribution >= 0.6 is 0 Å². The van der Waals surface area contributed by atoms with Crippen molar-refractivity contribution in [3.05, 3.63) is 59.7 Å². The molecule has 4 heteroatoms. The van der Waals surface area contributed by atoms with Crippen LogP contribution in [-0.4, -0.2) is 58.0 Å². The summed E-state index contributed by atoms with van der Waals surface area (Å²) in [6.45, 7) is 14.3. The van der Waals surface area contributed by atoms with Crippen LogP contribution in [0.25, 0.3) is 0 Å². The van der Waals surface area contributed by atoms with E-state index in [9.17, 15) is 0 Å². The number of hydrogen-bond donors (Lipinski definition) is 0. The molecule has 2 saturated heterocycles. The third-order valence-corrected chi connectivity index (χ3v) is 7.25. The van der Waals surface area contributed by atoms with Crippen molar-refractivity contribution in [2.45, 2.75) is 70.9 Å². The summed E-state index contributed by atoms with van der Waals surface area (Å²) in [5, 5.41) is 0. The molecule has 2 fully saturated rings. The number of piperazine rings is 1. The fraction of sp³-hybridized carbons (Fsp3) is 0.615. The minimum Gasteiger partial charge on any atom is -0.298 e. The highest BCUT2D eigenvalue weighted by Gasteiger charge is 2.37. The van der Waals surface area contributed by atoms with Crippen LogP contribution in [0.15, 0.2) is 42.7 Å². The first kappa shape index (κ1) is 21.5. The van der Waals surface area contributed by atoms with Crippen molar-refractivity contribution in [2.75, 3.05) is 26.2 Å². The molecule has 0 saturated carbocycles. The van der Waals surface area contributed by atoms with Crippen LogP contribution in [0, 0.1) is 5.92 Å². The summed E-state index contributed by atoms with van der Waals surface area (Å²) < 4.78 is 0. The number of nitrogens with zero attached hydrogens (tertiary/aromatic N) is 4.